The summed E-state index contributed by atoms with van der Waals surface area (Å²) in [6.07, 6.45) is -6.08. The van der Waals surface area contributed by atoms with E-state index in [2.05, 4.69) is 0 Å². The van der Waals surface area contributed by atoms with Crippen molar-refractivity contribution in [1.82, 2.24) is 0 Å². The zero-order valence-electron chi connectivity index (χ0n) is 8.60. The first-order chi connectivity index (χ1) is 7.31. The molecular formula is C10H11ClF5N. The van der Waals surface area contributed by atoms with Gasteiger partial charge in [0.1, 0.15) is 11.6 Å². The summed E-state index contributed by atoms with van der Waals surface area (Å²) < 4.78 is 61.9. The molecule has 1 atom stereocenters. The van der Waals surface area contributed by atoms with Crippen LogP contribution in [-0.2, 0) is 0 Å². The lowest BCUT2D eigenvalue weighted by molar-refractivity contribution is -0.136. The second-order valence-electron chi connectivity index (χ2n) is 3.40. The number of rotatable bonds is 3. The Morgan fingerprint density at radius 1 is 1.12 bits per heavy atom. The van der Waals surface area contributed by atoms with Crippen LogP contribution >= 0.6 is 12.4 Å². The third-order valence-electron chi connectivity index (χ3n) is 2.11. The van der Waals surface area contributed by atoms with Crippen LogP contribution in [-0.4, -0.2) is 6.18 Å². The molecule has 7 heteroatoms. The molecular weight excluding hydrogens is 265 g/mol. The van der Waals surface area contributed by atoms with Gasteiger partial charge in [0.05, 0.1) is 0 Å². The van der Waals surface area contributed by atoms with Crippen molar-refractivity contribution in [1.29, 1.82) is 0 Å². The van der Waals surface area contributed by atoms with Gasteiger partial charge in [-0.05, 0) is 18.6 Å². The summed E-state index contributed by atoms with van der Waals surface area (Å²) in [6.45, 7) is 0. The van der Waals surface area contributed by atoms with Crippen LogP contribution in [0.15, 0.2) is 18.2 Å². The van der Waals surface area contributed by atoms with E-state index in [0.717, 1.165) is 18.2 Å². The first kappa shape index (κ1) is 16.1. The Kier molecular flexibility index (Phi) is 5.84. The molecule has 0 radical (unpaired) electrons. The highest BCUT2D eigenvalue weighted by Gasteiger charge is 2.29. The van der Waals surface area contributed by atoms with Gasteiger partial charge in [-0.25, -0.2) is 8.78 Å². The molecule has 1 aromatic rings. The fourth-order valence-electron chi connectivity index (χ4n) is 1.33. The van der Waals surface area contributed by atoms with Crippen molar-refractivity contribution in [3.8, 4) is 0 Å². The largest absolute Gasteiger partial charge is 0.389 e. The minimum absolute atomic E-state index is 0. The molecule has 2 N–H and O–H groups in total. The van der Waals surface area contributed by atoms with Crippen LogP contribution in [0.3, 0.4) is 0 Å². The van der Waals surface area contributed by atoms with E-state index in [0.29, 0.717) is 0 Å². The van der Waals surface area contributed by atoms with Crippen molar-refractivity contribution >= 4 is 12.4 Å². The minimum Gasteiger partial charge on any atom is -0.324 e. The Hall–Kier alpha value is -0.880. The van der Waals surface area contributed by atoms with E-state index in [-0.39, 0.29) is 12.4 Å². The molecule has 0 aliphatic rings. The molecule has 0 bridgehead atoms. The van der Waals surface area contributed by atoms with E-state index in [4.69, 9.17) is 5.73 Å². The molecule has 0 fully saturated rings. The normalized spacial score (nSPS) is 13.1. The van der Waals surface area contributed by atoms with Gasteiger partial charge in [0.25, 0.3) is 0 Å². The number of halogens is 6. The summed E-state index contributed by atoms with van der Waals surface area (Å²) in [5, 5.41) is 0. The highest BCUT2D eigenvalue weighted by Crippen LogP contribution is 2.28. The van der Waals surface area contributed by atoms with Crippen LogP contribution in [0.1, 0.15) is 24.4 Å². The first-order valence-corrected chi connectivity index (χ1v) is 4.57. The Morgan fingerprint density at radius 3 is 2.00 bits per heavy atom. The second kappa shape index (κ2) is 6.16. The topological polar surface area (TPSA) is 26.0 Å². The molecule has 0 aliphatic heterocycles. The van der Waals surface area contributed by atoms with Crippen LogP contribution in [0.2, 0.25) is 0 Å². The van der Waals surface area contributed by atoms with Crippen molar-refractivity contribution < 1.29 is 22.0 Å². The van der Waals surface area contributed by atoms with Crippen molar-refractivity contribution in [2.45, 2.75) is 25.1 Å². The van der Waals surface area contributed by atoms with Crippen molar-refractivity contribution in [3.05, 3.63) is 35.4 Å². The minimum atomic E-state index is -4.38. The maximum Gasteiger partial charge on any atom is 0.389 e. The predicted octanol–water partition coefficient (Wildman–Crippen LogP) is 3.73. The Labute approximate surface area is 101 Å². The monoisotopic (exact) mass is 275 g/mol. The predicted molar refractivity (Wildman–Crippen MR) is 55.8 cm³/mol. The Morgan fingerprint density at radius 2 is 1.59 bits per heavy atom. The second-order valence-corrected chi connectivity index (χ2v) is 3.40. The lowest BCUT2D eigenvalue weighted by atomic mass is 10.0. The van der Waals surface area contributed by atoms with E-state index in [9.17, 15) is 22.0 Å². The molecule has 1 rings (SSSR count). The number of hydrogen-bond acceptors (Lipinski definition) is 1. The van der Waals surface area contributed by atoms with Gasteiger partial charge in [-0.15, -0.1) is 12.4 Å². The quantitative estimate of drug-likeness (QED) is 0.836. The van der Waals surface area contributed by atoms with Crippen LogP contribution in [0.5, 0.6) is 0 Å². The van der Waals surface area contributed by atoms with Crippen molar-refractivity contribution in [3.63, 3.8) is 0 Å². The standard InChI is InChI=1S/C10H10F5N.ClH/c11-6-2-1-3-7(12)9(6)8(16)4-5-10(13,14)15;/h1-3,8H,4-5,16H2;1H/t8-;/m1./s1. The van der Waals surface area contributed by atoms with Gasteiger partial charge >= 0.3 is 6.18 Å². The average Bonchev–Trinajstić information content (AvgIpc) is 2.13. The first-order valence-electron chi connectivity index (χ1n) is 4.57. The van der Waals surface area contributed by atoms with Gasteiger partial charge in [-0.1, -0.05) is 6.07 Å². The molecule has 1 aromatic carbocycles. The van der Waals surface area contributed by atoms with Gasteiger partial charge in [-0.3, -0.25) is 0 Å². The lowest BCUT2D eigenvalue weighted by Gasteiger charge is -2.14. The molecule has 17 heavy (non-hydrogen) atoms. The molecule has 0 heterocycles. The van der Waals surface area contributed by atoms with Crippen molar-refractivity contribution in [2.75, 3.05) is 0 Å². The van der Waals surface area contributed by atoms with Crippen LogP contribution in [0, 0.1) is 11.6 Å². The fourth-order valence-corrected chi connectivity index (χ4v) is 1.33. The van der Waals surface area contributed by atoms with Crippen LogP contribution < -0.4 is 5.73 Å². The smallest absolute Gasteiger partial charge is 0.324 e. The van der Waals surface area contributed by atoms with E-state index in [1.54, 1.807) is 0 Å². The molecule has 0 amide bonds. The third kappa shape index (κ3) is 4.87. The maximum atomic E-state index is 13.1. The maximum absolute atomic E-state index is 13.1. The van der Waals surface area contributed by atoms with E-state index < -0.39 is 42.3 Å². The highest BCUT2D eigenvalue weighted by atomic mass is 35.5. The van der Waals surface area contributed by atoms with Crippen molar-refractivity contribution in [2.24, 2.45) is 5.73 Å². The number of hydrogen-bond donors (Lipinski definition) is 1. The van der Waals surface area contributed by atoms with Crippen LogP contribution in [0.25, 0.3) is 0 Å². The molecule has 0 saturated heterocycles. The Bertz CT molecular complexity index is 346. The molecule has 1 nitrogen and oxygen atoms in total. The molecule has 0 aromatic heterocycles. The van der Waals surface area contributed by atoms with Gasteiger partial charge in [-0.2, -0.15) is 13.2 Å². The van der Waals surface area contributed by atoms with Gasteiger partial charge in [0.2, 0.25) is 0 Å². The zero-order valence-corrected chi connectivity index (χ0v) is 9.42. The molecule has 98 valence electrons. The summed E-state index contributed by atoms with van der Waals surface area (Å²) in [5.41, 5.74) is 4.83. The van der Waals surface area contributed by atoms with E-state index in [1.807, 2.05) is 0 Å². The van der Waals surface area contributed by atoms with E-state index >= 15 is 0 Å². The summed E-state index contributed by atoms with van der Waals surface area (Å²) in [4.78, 5) is 0. The number of benzene rings is 1. The summed E-state index contributed by atoms with van der Waals surface area (Å²) in [7, 11) is 0. The van der Waals surface area contributed by atoms with E-state index in [1.165, 1.54) is 0 Å². The van der Waals surface area contributed by atoms with Gasteiger partial charge in [0, 0.05) is 18.0 Å². The third-order valence-corrected chi connectivity index (χ3v) is 2.11. The van der Waals surface area contributed by atoms with Gasteiger partial charge in [0.15, 0.2) is 0 Å². The highest BCUT2D eigenvalue weighted by molar-refractivity contribution is 5.85. The lowest BCUT2D eigenvalue weighted by Crippen LogP contribution is -2.18. The molecule has 0 aliphatic carbocycles. The summed E-state index contributed by atoms with van der Waals surface area (Å²) >= 11 is 0. The summed E-state index contributed by atoms with van der Waals surface area (Å²) in [5.74, 6) is -1.84. The van der Waals surface area contributed by atoms with Gasteiger partial charge < -0.3 is 5.73 Å². The number of nitrogens with two attached hydrogens (primary N) is 1. The zero-order chi connectivity index (χ0) is 12.3. The molecule has 0 spiro atoms. The molecule has 0 unspecified atom stereocenters. The molecule has 0 saturated carbocycles. The fraction of sp³-hybridized carbons (Fsp3) is 0.400. The average molecular weight is 276 g/mol. The summed E-state index contributed by atoms with van der Waals surface area (Å²) in [6, 6.07) is 1.77. The van der Waals surface area contributed by atoms with Crippen LogP contribution in [0.4, 0.5) is 22.0 Å². The Balaban J connectivity index is 0.00000256. The SMILES string of the molecule is Cl.N[C@H](CCC(F)(F)F)c1c(F)cccc1F. The number of alkyl halides is 3.